The maximum absolute atomic E-state index is 12.7. The van der Waals surface area contributed by atoms with Gasteiger partial charge in [-0.3, -0.25) is 0 Å². The first-order chi connectivity index (χ1) is 8.62. The third kappa shape index (κ3) is 5.23. The summed E-state index contributed by atoms with van der Waals surface area (Å²) in [5, 5.41) is 10.0. The average molecular weight is 290 g/mol. The largest absolute Gasteiger partial charge is 0.387 e. The van der Waals surface area contributed by atoms with Crippen LogP contribution in [0.4, 0.5) is 4.39 Å². The molecular weight excluding hydrogens is 271 g/mol. The van der Waals surface area contributed by atoms with Gasteiger partial charge in [0.15, 0.2) is 0 Å². The standard InChI is InChI=1S/C12H19FN2O3S/c1-12(16,9-15(2)3)8-14-19(17,18)11-6-4-10(13)5-7-11/h4-7,14,16H,8-9H2,1-3H3. The first kappa shape index (κ1) is 16.0. The topological polar surface area (TPSA) is 69.6 Å². The molecule has 0 radical (unpaired) electrons. The number of halogens is 1. The van der Waals surface area contributed by atoms with E-state index in [9.17, 15) is 17.9 Å². The predicted molar refractivity (Wildman–Crippen MR) is 70.8 cm³/mol. The molecule has 0 saturated heterocycles. The number of nitrogens with one attached hydrogen (secondary N) is 1. The van der Waals surface area contributed by atoms with Gasteiger partial charge in [0.25, 0.3) is 0 Å². The number of likely N-dealkylation sites (N-methyl/N-ethyl adjacent to an activating group) is 1. The van der Waals surface area contributed by atoms with Crippen LogP contribution in [-0.2, 0) is 10.0 Å². The number of benzene rings is 1. The van der Waals surface area contributed by atoms with E-state index in [1.807, 2.05) is 0 Å². The van der Waals surface area contributed by atoms with E-state index in [2.05, 4.69) is 4.72 Å². The summed E-state index contributed by atoms with van der Waals surface area (Å²) in [6.45, 7) is 1.74. The molecule has 5 nitrogen and oxygen atoms in total. The number of rotatable bonds is 6. The second-order valence-electron chi connectivity index (χ2n) is 5.01. The number of sulfonamides is 1. The molecule has 0 heterocycles. The van der Waals surface area contributed by atoms with Gasteiger partial charge in [-0.1, -0.05) is 0 Å². The Labute approximate surface area is 113 Å². The summed E-state index contributed by atoms with van der Waals surface area (Å²) in [6, 6.07) is 4.51. The summed E-state index contributed by atoms with van der Waals surface area (Å²) < 4.78 is 38.9. The number of hydrogen-bond acceptors (Lipinski definition) is 4. The van der Waals surface area contributed by atoms with Gasteiger partial charge in [-0.25, -0.2) is 17.5 Å². The fourth-order valence-corrected chi connectivity index (χ4v) is 2.85. The Morgan fingerprint density at radius 2 is 1.84 bits per heavy atom. The van der Waals surface area contributed by atoms with Crippen LogP contribution in [-0.4, -0.2) is 51.2 Å². The lowest BCUT2D eigenvalue weighted by molar-refractivity contribution is 0.0386. The maximum Gasteiger partial charge on any atom is 0.240 e. The minimum Gasteiger partial charge on any atom is -0.387 e. The number of nitrogens with zero attached hydrogens (tertiary/aromatic N) is 1. The van der Waals surface area contributed by atoms with Crippen LogP contribution in [0.5, 0.6) is 0 Å². The highest BCUT2D eigenvalue weighted by Gasteiger charge is 2.24. The fourth-order valence-electron chi connectivity index (χ4n) is 1.68. The summed E-state index contributed by atoms with van der Waals surface area (Å²) in [5.41, 5.74) is -1.18. The molecule has 1 atom stereocenters. The molecule has 1 unspecified atom stereocenters. The van der Waals surface area contributed by atoms with Crippen molar-refractivity contribution in [2.24, 2.45) is 0 Å². The lowest BCUT2D eigenvalue weighted by atomic mass is 10.1. The van der Waals surface area contributed by atoms with Crippen molar-refractivity contribution in [1.82, 2.24) is 9.62 Å². The molecule has 0 spiro atoms. The van der Waals surface area contributed by atoms with E-state index in [1.165, 1.54) is 12.1 Å². The third-order valence-corrected chi connectivity index (χ3v) is 3.84. The molecule has 0 aliphatic heterocycles. The fraction of sp³-hybridized carbons (Fsp3) is 0.500. The van der Waals surface area contributed by atoms with E-state index in [0.29, 0.717) is 6.54 Å². The summed E-state index contributed by atoms with van der Waals surface area (Å²) >= 11 is 0. The van der Waals surface area contributed by atoms with Gasteiger partial charge in [-0.2, -0.15) is 0 Å². The van der Waals surface area contributed by atoms with E-state index >= 15 is 0 Å². The summed E-state index contributed by atoms with van der Waals surface area (Å²) in [5.74, 6) is -0.501. The molecule has 0 fully saturated rings. The van der Waals surface area contributed by atoms with Crippen LogP contribution in [0.25, 0.3) is 0 Å². The van der Waals surface area contributed by atoms with Crippen LogP contribution in [0.2, 0.25) is 0 Å². The Bertz CT molecular complexity index is 512. The molecule has 1 aromatic carbocycles. The SMILES string of the molecule is CN(C)CC(C)(O)CNS(=O)(=O)c1ccc(F)cc1. The van der Waals surface area contributed by atoms with Gasteiger partial charge in [-0.15, -0.1) is 0 Å². The summed E-state index contributed by atoms with van der Waals surface area (Å²) in [7, 11) is -0.180. The molecule has 0 saturated carbocycles. The van der Waals surface area contributed by atoms with Crippen LogP contribution in [0.15, 0.2) is 29.2 Å². The zero-order valence-corrected chi connectivity index (χ0v) is 12.0. The van der Waals surface area contributed by atoms with Gasteiger partial charge in [0.1, 0.15) is 5.82 Å². The van der Waals surface area contributed by atoms with Crippen LogP contribution in [0, 0.1) is 5.82 Å². The molecule has 0 aliphatic rings. The van der Waals surface area contributed by atoms with E-state index in [-0.39, 0.29) is 11.4 Å². The van der Waals surface area contributed by atoms with Crippen molar-refractivity contribution in [3.05, 3.63) is 30.1 Å². The number of hydrogen-bond donors (Lipinski definition) is 2. The van der Waals surface area contributed by atoms with Crippen molar-refractivity contribution in [2.45, 2.75) is 17.4 Å². The smallest absolute Gasteiger partial charge is 0.240 e. The molecule has 0 amide bonds. The minimum atomic E-state index is -3.74. The van der Waals surface area contributed by atoms with Gasteiger partial charge >= 0.3 is 0 Å². The Morgan fingerprint density at radius 3 is 2.32 bits per heavy atom. The molecule has 19 heavy (non-hydrogen) atoms. The normalized spacial score (nSPS) is 15.5. The van der Waals surface area contributed by atoms with Crippen LogP contribution < -0.4 is 4.72 Å². The second-order valence-corrected chi connectivity index (χ2v) is 6.78. The molecule has 7 heteroatoms. The molecule has 0 aliphatic carbocycles. The van der Waals surface area contributed by atoms with E-state index < -0.39 is 21.4 Å². The van der Waals surface area contributed by atoms with E-state index in [0.717, 1.165) is 12.1 Å². The van der Waals surface area contributed by atoms with Gasteiger partial charge < -0.3 is 10.0 Å². The molecule has 0 bridgehead atoms. The Balaban J connectivity index is 2.73. The monoisotopic (exact) mass is 290 g/mol. The zero-order valence-electron chi connectivity index (χ0n) is 11.2. The van der Waals surface area contributed by atoms with Crippen molar-refractivity contribution in [1.29, 1.82) is 0 Å². The van der Waals surface area contributed by atoms with Crippen molar-refractivity contribution < 1.29 is 17.9 Å². The third-order valence-electron chi connectivity index (χ3n) is 2.42. The van der Waals surface area contributed by atoms with E-state index in [1.54, 1.807) is 25.9 Å². The van der Waals surface area contributed by atoms with Crippen molar-refractivity contribution in [3.8, 4) is 0 Å². The minimum absolute atomic E-state index is 0.0328. The van der Waals surface area contributed by atoms with Crippen LogP contribution >= 0.6 is 0 Å². The maximum atomic E-state index is 12.7. The highest BCUT2D eigenvalue weighted by Crippen LogP contribution is 2.11. The first-order valence-corrected chi connectivity index (χ1v) is 7.23. The lowest BCUT2D eigenvalue weighted by Crippen LogP contribution is -2.47. The van der Waals surface area contributed by atoms with Gasteiger partial charge in [-0.05, 0) is 45.3 Å². The van der Waals surface area contributed by atoms with Crippen molar-refractivity contribution >= 4 is 10.0 Å². The highest BCUT2D eigenvalue weighted by atomic mass is 32.2. The molecular formula is C12H19FN2O3S. The quantitative estimate of drug-likeness (QED) is 0.796. The molecule has 1 rings (SSSR count). The summed E-state index contributed by atoms with van der Waals surface area (Å²) in [6.07, 6.45) is 0. The van der Waals surface area contributed by atoms with Crippen molar-refractivity contribution in [2.75, 3.05) is 27.2 Å². The van der Waals surface area contributed by atoms with Gasteiger partial charge in [0.2, 0.25) is 10.0 Å². The van der Waals surface area contributed by atoms with Crippen molar-refractivity contribution in [3.63, 3.8) is 0 Å². The highest BCUT2D eigenvalue weighted by molar-refractivity contribution is 7.89. The summed E-state index contributed by atoms with van der Waals surface area (Å²) in [4.78, 5) is 1.72. The number of aliphatic hydroxyl groups is 1. The Kier molecular flexibility index (Phi) is 5.03. The Morgan fingerprint density at radius 1 is 1.32 bits per heavy atom. The van der Waals surface area contributed by atoms with Crippen LogP contribution in [0.1, 0.15) is 6.92 Å². The second kappa shape index (κ2) is 5.96. The average Bonchev–Trinajstić information content (AvgIpc) is 2.26. The van der Waals surface area contributed by atoms with E-state index in [4.69, 9.17) is 0 Å². The molecule has 108 valence electrons. The zero-order chi connectivity index (χ0) is 14.7. The van der Waals surface area contributed by atoms with Gasteiger partial charge in [0, 0.05) is 13.1 Å². The first-order valence-electron chi connectivity index (χ1n) is 5.75. The predicted octanol–water partition coefficient (Wildman–Crippen LogP) is 0.417. The Hall–Kier alpha value is -1.02. The van der Waals surface area contributed by atoms with Gasteiger partial charge in [0.05, 0.1) is 10.5 Å². The molecule has 1 aromatic rings. The lowest BCUT2D eigenvalue weighted by Gasteiger charge is -2.27. The molecule has 2 N–H and O–H groups in total. The van der Waals surface area contributed by atoms with Crippen LogP contribution in [0.3, 0.4) is 0 Å². The molecule has 0 aromatic heterocycles.